The highest BCUT2D eigenvalue weighted by molar-refractivity contribution is 7.89. The summed E-state index contributed by atoms with van der Waals surface area (Å²) >= 11 is 5.91. The molecule has 3 aliphatic heterocycles. The van der Waals surface area contributed by atoms with E-state index in [0.29, 0.717) is 48.0 Å². The highest BCUT2D eigenvalue weighted by atomic mass is 35.5. The predicted octanol–water partition coefficient (Wildman–Crippen LogP) is 2.89. The Kier molecular flexibility index (Phi) is 7.09. The number of benzene rings is 2. The maximum absolute atomic E-state index is 13.5. The van der Waals surface area contributed by atoms with Crippen LogP contribution in [0.25, 0.3) is 0 Å². The number of likely N-dealkylation sites (tertiary alicyclic amines) is 1. The van der Waals surface area contributed by atoms with Gasteiger partial charge in [0.2, 0.25) is 22.7 Å². The second-order valence-electron chi connectivity index (χ2n) is 9.25. The van der Waals surface area contributed by atoms with Crippen LogP contribution in [0.15, 0.2) is 47.4 Å². The molecule has 3 heterocycles. The first-order chi connectivity index (χ1) is 17.3. The number of fused-ring (bicyclic) bond motifs is 1. The minimum absolute atomic E-state index is 0.105. The maximum Gasteiger partial charge on any atom is 0.252 e. The normalized spacial score (nSPS) is 19.3. The van der Waals surface area contributed by atoms with Crippen LogP contribution in [0, 0.1) is 5.92 Å². The van der Waals surface area contributed by atoms with E-state index in [0.717, 1.165) is 12.8 Å². The van der Waals surface area contributed by atoms with E-state index in [9.17, 15) is 18.0 Å². The molecule has 11 heteroatoms. The Balaban J connectivity index is 1.31. The van der Waals surface area contributed by atoms with Crippen molar-refractivity contribution in [2.75, 3.05) is 33.0 Å². The molecule has 0 aromatic heterocycles. The lowest BCUT2D eigenvalue weighted by atomic mass is 9.89. The maximum atomic E-state index is 13.5. The fourth-order valence-electron chi connectivity index (χ4n) is 4.98. The largest absolute Gasteiger partial charge is 0.454 e. The van der Waals surface area contributed by atoms with Crippen molar-refractivity contribution in [1.82, 2.24) is 14.5 Å². The molecular formula is C25H28ClN3O6S. The number of amides is 2. The van der Waals surface area contributed by atoms with Crippen LogP contribution in [0.4, 0.5) is 0 Å². The second-order valence-corrected chi connectivity index (χ2v) is 11.6. The molecule has 0 bridgehead atoms. The van der Waals surface area contributed by atoms with Crippen molar-refractivity contribution < 1.29 is 27.5 Å². The quantitative estimate of drug-likeness (QED) is 0.612. The predicted molar refractivity (Wildman–Crippen MR) is 133 cm³/mol. The Labute approximate surface area is 215 Å². The van der Waals surface area contributed by atoms with Gasteiger partial charge in [0.25, 0.3) is 5.91 Å². The molecule has 2 aromatic carbocycles. The van der Waals surface area contributed by atoms with Gasteiger partial charge in [0, 0.05) is 36.8 Å². The van der Waals surface area contributed by atoms with Crippen LogP contribution in [0.3, 0.4) is 0 Å². The van der Waals surface area contributed by atoms with Crippen LogP contribution in [-0.2, 0) is 14.8 Å². The number of sulfonamides is 1. The number of hydrogen-bond donors (Lipinski definition) is 1. The minimum atomic E-state index is -3.67. The van der Waals surface area contributed by atoms with Crippen molar-refractivity contribution >= 4 is 33.4 Å². The summed E-state index contributed by atoms with van der Waals surface area (Å²) in [5, 5.41) is 3.42. The van der Waals surface area contributed by atoms with Crippen molar-refractivity contribution in [3.63, 3.8) is 0 Å². The molecule has 2 aromatic rings. The highest BCUT2D eigenvalue weighted by Gasteiger charge is 2.38. The van der Waals surface area contributed by atoms with Gasteiger partial charge < -0.3 is 19.7 Å². The van der Waals surface area contributed by atoms with Gasteiger partial charge in [0.1, 0.15) is 6.04 Å². The van der Waals surface area contributed by atoms with E-state index in [1.54, 1.807) is 35.2 Å². The molecule has 0 spiro atoms. The number of carbonyl (C=O) groups excluding carboxylic acids is 2. The van der Waals surface area contributed by atoms with Crippen molar-refractivity contribution in [1.29, 1.82) is 0 Å². The molecular weight excluding hydrogens is 506 g/mol. The molecule has 0 aliphatic carbocycles. The second kappa shape index (κ2) is 10.3. The van der Waals surface area contributed by atoms with Crippen molar-refractivity contribution in [2.45, 2.75) is 36.6 Å². The van der Waals surface area contributed by atoms with Gasteiger partial charge >= 0.3 is 0 Å². The van der Waals surface area contributed by atoms with Crippen LogP contribution >= 0.6 is 11.6 Å². The van der Waals surface area contributed by atoms with Gasteiger partial charge in [0.15, 0.2) is 11.5 Å². The molecule has 0 radical (unpaired) electrons. The zero-order chi connectivity index (χ0) is 25.3. The number of nitrogens with one attached hydrogen (secondary N) is 1. The summed E-state index contributed by atoms with van der Waals surface area (Å²) in [4.78, 5) is 28.6. The zero-order valence-corrected chi connectivity index (χ0v) is 21.3. The summed E-state index contributed by atoms with van der Waals surface area (Å²) in [5.41, 5.74) is 0.376. The summed E-state index contributed by atoms with van der Waals surface area (Å²) in [6, 6.07) is 10.3. The first-order valence-electron chi connectivity index (χ1n) is 12.1. The third-order valence-corrected chi connectivity index (χ3v) is 9.19. The third-order valence-electron chi connectivity index (χ3n) is 7.03. The lowest BCUT2D eigenvalue weighted by molar-refractivity contribution is -0.133. The van der Waals surface area contributed by atoms with Gasteiger partial charge in [-0.15, -0.1) is 0 Å². The Bertz CT molecular complexity index is 1240. The SMILES string of the molecule is O=C(N[C@H](C(=O)N1CCCC1)C1CCN(S(=O)(=O)c2ccc(Cl)cc2)CC1)c1ccc2c(c1)OCO2. The lowest BCUT2D eigenvalue weighted by Gasteiger charge is -2.36. The van der Waals surface area contributed by atoms with E-state index in [-0.39, 0.29) is 42.5 Å². The number of halogens is 1. The van der Waals surface area contributed by atoms with E-state index in [1.165, 1.54) is 16.4 Å². The van der Waals surface area contributed by atoms with Crippen molar-refractivity contribution in [3.8, 4) is 11.5 Å². The standard InChI is InChI=1S/C25H28ClN3O6S/c26-19-4-6-20(7-5-19)36(32,33)29-13-9-17(10-14-29)23(25(31)28-11-1-2-12-28)27-24(30)18-3-8-21-22(15-18)35-16-34-21/h3-8,15,17,23H,1-2,9-14,16H2,(H,27,30)/t23-/m0/s1. The fourth-order valence-corrected chi connectivity index (χ4v) is 6.58. The molecule has 192 valence electrons. The summed E-state index contributed by atoms with van der Waals surface area (Å²) in [5.74, 6) is 0.395. The summed E-state index contributed by atoms with van der Waals surface area (Å²) in [6.07, 6.45) is 2.79. The Hall–Kier alpha value is -2.82. The molecule has 1 atom stereocenters. The molecule has 9 nitrogen and oxygen atoms in total. The molecule has 5 rings (SSSR count). The molecule has 36 heavy (non-hydrogen) atoms. The zero-order valence-electron chi connectivity index (χ0n) is 19.7. The van der Waals surface area contributed by atoms with Crippen LogP contribution in [0.1, 0.15) is 36.0 Å². The molecule has 0 unspecified atom stereocenters. The van der Waals surface area contributed by atoms with Gasteiger partial charge in [-0.3, -0.25) is 9.59 Å². The Morgan fingerprint density at radius 3 is 2.31 bits per heavy atom. The number of piperidine rings is 1. The smallest absolute Gasteiger partial charge is 0.252 e. The minimum Gasteiger partial charge on any atom is -0.454 e. The van der Waals surface area contributed by atoms with E-state index in [1.807, 2.05) is 0 Å². The van der Waals surface area contributed by atoms with Crippen LogP contribution < -0.4 is 14.8 Å². The average Bonchev–Trinajstić information content (AvgIpc) is 3.59. The third kappa shape index (κ3) is 5.02. The van der Waals surface area contributed by atoms with E-state index >= 15 is 0 Å². The number of nitrogens with zero attached hydrogens (tertiary/aromatic N) is 2. The molecule has 3 aliphatic rings. The van der Waals surface area contributed by atoms with Gasteiger partial charge in [-0.25, -0.2) is 8.42 Å². The Morgan fingerprint density at radius 2 is 1.61 bits per heavy atom. The van der Waals surface area contributed by atoms with E-state index in [4.69, 9.17) is 21.1 Å². The van der Waals surface area contributed by atoms with E-state index in [2.05, 4.69) is 5.32 Å². The molecule has 0 saturated carbocycles. The topological polar surface area (TPSA) is 105 Å². The Morgan fingerprint density at radius 1 is 0.944 bits per heavy atom. The number of ether oxygens (including phenoxy) is 2. The summed E-state index contributed by atoms with van der Waals surface area (Å²) in [6.45, 7) is 1.96. The first kappa shape index (κ1) is 24.9. The average molecular weight is 534 g/mol. The van der Waals surface area contributed by atoms with Gasteiger partial charge in [0.05, 0.1) is 4.90 Å². The first-order valence-corrected chi connectivity index (χ1v) is 13.9. The van der Waals surface area contributed by atoms with Gasteiger partial charge in [-0.1, -0.05) is 11.6 Å². The monoisotopic (exact) mass is 533 g/mol. The molecule has 2 saturated heterocycles. The van der Waals surface area contributed by atoms with Crippen LogP contribution in [-0.4, -0.2) is 68.5 Å². The van der Waals surface area contributed by atoms with Crippen LogP contribution in [0.5, 0.6) is 11.5 Å². The number of hydrogen-bond acceptors (Lipinski definition) is 6. The highest BCUT2D eigenvalue weighted by Crippen LogP contribution is 2.33. The van der Waals surface area contributed by atoms with E-state index < -0.39 is 16.1 Å². The van der Waals surface area contributed by atoms with Gasteiger partial charge in [-0.05, 0) is 74.1 Å². The van der Waals surface area contributed by atoms with Gasteiger partial charge in [-0.2, -0.15) is 4.31 Å². The number of rotatable bonds is 6. The molecule has 1 N–H and O–H groups in total. The summed E-state index contributed by atoms with van der Waals surface area (Å²) < 4.78 is 38.3. The molecule has 2 fully saturated rings. The molecule has 2 amide bonds. The van der Waals surface area contributed by atoms with Crippen molar-refractivity contribution in [3.05, 3.63) is 53.1 Å². The van der Waals surface area contributed by atoms with Crippen LogP contribution in [0.2, 0.25) is 5.02 Å². The number of carbonyl (C=O) groups is 2. The fraction of sp³-hybridized carbons (Fsp3) is 0.440. The summed E-state index contributed by atoms with van der Waals surface area (Å²) in [7, 11) is -3.67. The van der Waals surface area contributed by atoms with Crippen molar-refractivity contribution in [2.24, 2.45) is 5.92 Å². The lowest BCUT2D eigenvalue weighted by Crippen LogP contribution is -2.54.